The van der Waals surface area contributed by atoms with E-state index in [0.29, 0.717) is 23.3 Å². The number of carboxylic acids is 1. The molecule has 1 aliphatic heterocycles. The second-order valence-corrected chi connectivity index (χ2v) is 7.00. The zero-order chi connectivity index (χ0) is 19.5. The standard InChI is InChI=1S/C19H22ClFN2O3/c1-4-5-15-13(9-22)17(12-7-6-11(21)8-14(12)20)19(2,18(24)25)16(23-15)10-26-3/h6-8,16-17,23H,4-5,10H2,1-3H3,(H,24,25). The number of nitrogens with zero attached hydrogens (tertiary/aromatic N) is 1. The molecule has 140 valence electrons. The van der Waals surface area contributed by atoms with Crippen LogP contribution in [0.1, 0.15) is 38.2 Å². The molecule has 2 rings (SSSR count). The van der Waals surface area contributed by atoms with Crippen LogP contribution in [0.5, 0.6) is 0 Å². The molecule has 3 unspecified atom stereocenters. The molecule has 0 aliphatic carbocycles. The van der Waals surface area contributed by atoms with Crippen LogP contribution in [0.15, 0.2) is 29.5 Å². The van der Waals surface area contributed by atoms with Gasteiger partial charge in [0, 0.05) is 23.7 Å². The van der Waals surface area contributed by atoms with E-state index >= 15 is 0 Å². The van der Waals surface area contributed by atoms with E-state index in [1.807, 2.05) is 6.92 Å². The number of benzene rings is 1. The quantitative estimate of drug-likeness (QED) is 0.783. The molecule has 0 amide bonds. The Kier molecular flexibility index (Phi) is 6.27. The number of aliphatic carboxylic acids is 1. The van der Waals surface area contributed by atoms with E-state index in [-0.39, 0.29) is 11.6 Å². The van der Waals surface area contributed by atoms with Gasteiger partial charge in [0.15, 0.2) is 0 Å². The van der Waals surface area contributed by atoms with Crippen molar-refractivity contribution in [3.05, 3.63) is 45.9 Å². The van der Waals surface area contributed by atoms with Crippen molar-refractivity contribution in [1.29, 1.82) is 5.26 Å². The largest absolute Gasteiger partial charge is 0.481 e. The van der Waals surface area contributed by atoms with E-state index < -0.39 is 29.2 Å². The van der Waals surface area contributed by atoms with Gasteiger partial charge in [-0.1, -0.05) is 31.0 Å². The van der Waals surface area contributed by atoms with Crippen molar-refractivity contribution in [2.45, 2.75) is 38.6 Å². The lowest BCUT2D eigenvalue weighted by Crippen LogP contribution is -2.57. The Bertz CT molecular complexity index is 775. The zero-order valence-electron chi connectivity index (χ0n) is 15.0. The van der Waals surface area contributed by atoms with Crippen LogP contribution in [-0.2, 0) is 9.53 Å². The number of hydrogen-bond acceptors (Lipinski definition) is 4. The van der Waals surface area contributed by atoms with Crippen LogP contribution in [0.3, 0.4) is 0 Å². The summed E-state index contributed by atoms with van der Waals surface area (Å²) in [5.74, 6) is -2.42. The minimum Gasteiger partial charge on any atom is -0.481 e. The van der Waals surface area contributed by atoms with Gasteiger partial charge in [-0.05, 0) is 31.0 Å². The van der Waals surface area contributed by atoms with Crippen LogP contribution in [-0.4, -0.2) is 30.8 Å². The number of nitrogens with one attached hydrogen (secondary N) is 1. The summed E-state index contributed by atoms with van der Waals surface area (Å²) in [6.07, 6.45) is 1.37. The van der Waals surface area contributed by atoms with Crippen LogP contribution >= 0.6 is 11.6 Å². The minimum atomic E-state index is -1.40. The van der Waals surface area contributed by atoms with E-state index in [0.717, 1.165) is 12.5 Å². The number of ether oxygens (including phenoxy) is 1. The van der Waals surface area contributed by atoms with Gasteiger partial charge in [0.05, 0.1) is 29.7 Å². The SMILES string of the molecule is CCCC1=C(C#N)C(c2ccc(F)cc2Cl)C(C)(C(=O)O)C(COC)N1. The van der Waals surface area contributed by atoms with Crippen LogP contribution in [0.2, 0.25) is 5.02 Å². The van der Waals surface area contributed by atoms with Crippen molar-refractivity contribution in [1.82, 2.24) is 5.32 Å². The summed E-state index contributed by atoms with van der Waals surface area (Å²) in [5.41, 5.74) is 0.0178. The monoisotopic (exact) mass is 380 g/mol. The Morgan fingerprint density at radius 2 is 2.23 bits per heavy atom. The zero-order valence-corrected chi connectivity index (χ0v) is 15.7. The Morgan fingerprint density at radius 1 is 1.54 bits per heavy atom. The summed E-state index contributed by atoms with van der Waals surface area (Å²) in [6, 6.07) is 5.41. The number of nitriles is 1. The fourth-order valence-corrected chi connectivity index (χ4v) is 3.85. The Morgan fingerprint density at radius 3 is 2.73 bits per heavy atom. The maximum atomic E-state index is 13.5. The minimum absolute atomic E-state index is 0.101. The van der Waals surface area contributed by atoms with Gasteiger partial charge in [-0.2, -0.15) is 5.26 Å². The molecule has 1 aromatic rings. The van der Waals surface area contributed by atoms with Crippen molar-refractivity contribution in [3.8, 4) is 6.07 Å². The van der Waals surface area contributed by atoms with Crippen molar-refractivity contribution in [2.24, 2.45) is 5.41 Å². The molecule has 3 atom stereocenters. The maximum absolute atomic E-state index is 13.5. The van der Waals surface area contributed by atoms with Gasteiger partial charge in [-0.25, -0.2) is 4.39 Å². The van der Waals surface area contributed by atoms with Gasteiger partial charge in [0.1, 0.15) is 5.82 Å². The molecule has 1 aliphatic rings. The fourth-order valence-electron chi connectivity index (χ4n) is 3.57. The summed E-state index contributed by atoms with van der Waals surface area (Å²) >= 11 is 6.25. The molecule has 2 N–H and O–H groups in total. The predicted octanol–water partition coefficient (Wildman–Crippen LogP) is 3.85. The smallest absolute Gasteiger partial charge is 0.312 e. The number of allylic oxidation sites excluding steroid dienone is 2. The second kappa shape index (κ2) is 8.07. The third-order valence-corrected chi connectivity index (χ3v) is 5.30. The molecular formula is C19H22ClFN2O3. The fraction of sp³-hybridized carbons (Fsp3) is 0.474. The highest BCUT2D eigenvalue weighted by molar-refractivity contribution is 6.31. The lowest BCUT2D eigenvalue weighted by Gasteiger charge is -2.46. The first kappa shape index (κ1) is 20.2. The molecular weight excluding hydrogens is 359 g/mol. The van der Waals surface area contributed by atoms with Gasteiger partial charge in [-0.15, -0.1) is 0 Å². The molecule has 0 saturated carbocycles. The van der Waals surface area contributed by atoms with Crippen molar-refractivity contribution in [2.75, 3.05) is 13.7 Å². The van der Waals surface area contributed by atoms with Crippen LogP contribution in [0.4, 0.5) is 4.39 Å². The van der Waals surface area contributed by atoms with Crippen LogP contribution < -0.4 is 5.32 Å². The average molecular weight is 381 g/mol. The predicted molar refractivity (Wildman–Crippen MR) is 96.2 cm³/mol. The first-order valence-electron chi connectivity index (χ1n) is 8.38. The number of hydrogen-bond donors (Lipinski definition) is 2. The molecule has 0 fully saturated rings. The number of carboxylic acid groups (broad SMARTS) is 1. The summed E-state index contributed by atoms with van der Waals surface area (Å²) in [6.45, 7) is 3.68. The summed E-state index contributed by atoms with van der Waals surface area (Å²) in [4.78, 5) is 12.3. The van der Waals surface area contributed by atoms with E-state index in [2.05, 4.69) is 11.4 Å². The van der Waals surface area contributed by atoms with Crippen LogP contribution in [0, 0.1) is 22.6 Å². The van der Waals surface area contributed by atoms with Crippen molar-refractivity contribution in [3.63, 3.8) is 0 Å². The summed E-state index contributed by atoms with van der Waals surface area (Å²) < 4.78 is 18.8. The molecule has 5 nitrogen and oxygen atoms in total. The van der Waals surface area contributed by atoms with Gasteiger partial charge in [0.25, 0.3) is 0 Å². The molecule has 0 aromatic heterocycles. The van der Waals surface area contributed by atoms with E-state index in [1.165, 1.54) is 19.2 Å². The lowest BCUT2D eigenvalue weighted by atomic mass is 9.63. The van der Waals surface area contributed by atoms with E-state index in [4.69, 9.17) is 16.3 Å². The lowest BCUT2D eigenvalue weighted by molar-refractivity contribution is -0.152. The first-order valence-corrected chi connectivity index (χ1v) is 8.75. The molecule has 7 heteroatoms. The van der Waals surface area contributed by atoms with Gasteiger partial charge >= 0.3 is 5.97 Å². The molecule has 0 bridgehead atoms. The van der Waals surface area contributed by atoms with Crippen LogP contribution in [0.25, 0.3) is 0 Å². The van der Waals surface area contributed by atoms with E-state index in [9.17, 15) is 19.6 Å². The molecule has 0 saturated heterocycles. The molecule has 0 radical (unpaired) electrons. The summed E-state index contributed by atoms with van der Waals surface area (Å²) in [5, 5.41) is 23.2. The second-order valence-electron chi connectivity index (χ2n) is 6.59. The number of carbonyl (C=O) groups is 1. The highest BCUT2D eigenvalue weighted by Crippen LogP contribution is 2.50. The maximum Gasteiger partial charge on any atom is 0.312 e. The van der Waals surface area contributed by atoms with Crippen molar-refractivity contribution >= 4 is 17.6 Å². The average Bonchev–Trinajstić information content (AvgIpc) is 2.58. The molecule has 26 heavy (non-hydrogen) atoms. The number of rotatable bonds is 6. The van der Waals surface area contributed by atoms with Gasteiger partial charge < -0.3 is 15.2 Å². The third kappa shape index (κ3) is 3.42. The Balaban J connectivity index is 2.78. The number of halogens is 2. The highest BCUT2D eigenvalue weighted by atomic mass is 35.5. The topological polar surface area (TPSA) is 82.4 Å². The van der Waals surface area contributed by atoms with Gasteiger partial charge in [-0.3, -0.25) is 4.79 Å². The first-order chi connectivity index (χ1) is 12.3. The van der Waals surface area contributed by atoms with Crippen molar-refractivity contribution < 1.29 is 19.0 Å². The third-order valence-electron chi connectivity index (χ3n) is 4.97. The number of methoxy groups -OCH3 is 1. The Labute approximate surface area is 157 Å². The molecule has 1 heterocycles. The summed E-state index contributed by atoms with van der Waals surface area (Å²) in [7, 11) is 1.49. The normalized spacial score (nSPS) is 25.5. The Hall–Kier alpha value is -2.10. The van der Waals surface area contributed by atoms with E-state index in [1.54, 1.807) is 6.92 Å². The molecule has 0 spiro atoms. The highest BCUT2D eigenvalue weighted by Gasteiger charge is 2.54. The van der Waals surface area contributed by atoms with Gasteiger partial charge in [0.2, 0.25) is 0 Å². The molecule has 1 aromatic carbocycles.